The number of oxazole rings is 1. The lowest BCUT2D eigenvalue weighted by atomic mass is 10.1. The van der Waals surface area contributed by atoms with Crippen LogP contribution in [0.5, 0.6) is 0 Å². The number of carbonyl (C=O) groups excluding carboxylic acids is 3. The van der Waals surface area contributed by atoms with Crippen molar-refractivity contribution in [2.75, 3.05) is 0 Å². The second-order valence-corrected chi connectivity index (χ2v) is 5.63. The van der Waals surface area contributed by atoms with Crippen molar-refractivity contribution in [3.05, 3.63) is 77.2 Å². The van der Waals surface area contributed by atoms with Crippen LogP contribution in [0.25, 0.3) is 11.5 Å². The molecule has 0 fully saturated rings. The fourth-order valence-electron chi connectivity index (χ4n) is 2.66. The van der Waals surface area contributed by atoms with Gasteiger partial charge in [0.15, 0.2) is 0 Å². The highest BCUT2D eigenvalue weighted by molar-refractivity contribution is 6.21. The Hall–Kier alpha value is -3.74. The van der Waals surface area contributed by atoms with E-state index in [4.69, 9.17) is 9.25 Å². The van der Waals surface area contributed by atoms with Crippen LogP contribution in [0.2, 0.25) is 0 Å². The average Bonchev–Trinajstić information content (AvgIpc) is 3.17. The van der Waals surface area contributed by atoms with E-state index in [1.807, 2.05) is 18.2 Å². The standard InChI is InChI=1S/C19H12N2O5/c1-11-15(25-16(20-11)12-7-3-2-4-8-12)19(24)26-21-17(22)13-9-5-6-10-14(13)18(21)23/h2-10H,1H3. The molecule has 1 aliphatic heterocycles. The summed E-state index contributed by atoms with van der Waals surface area (Å²) in [6, 6.07) is 15.3. The minimum Gasteiger partial charge on any atom is -0.429 e. The van der Waals surface area contributed by atoms with Crippen LogP contribution in [-0.2, 0) is 4.84 Å². The van der Waals surface area contributed by atoms with Crippen molar-refractivity contribution in [2.24, 2.45) is 0 Å². The number of amides is 2. The smallest absolute Gasteiger partial charge is 0.401 e. The van der Waals surface area contributed by atoms with Gasteiger partial charge in [0.25, 0.3) is 11.8 Å². The van der Waals surface area contributed by atoms with Crippen molar-refractivity contribution in [3.63, 3.8) is 0 Å². The maximum absolute atomic E-state index is 12.4. The number of benzene rings is 2. The van der Waals surface area contributed by atoms with Crippen molar-refractivity contribution in [1.29, 1.82) is 0 Å². The molecular formula is C19H12N2O5. The van der Waals surface area contributed by atoms with Crippen molar-refractivity contribution >= 4 is 17.8 Å². The minimum absolute atomic E-state index is 0.166. The molecule has 0 saturated carbocycles. The van der Waals surface area contributed by atoms with Gasteiger partial charge in [0.2, 0.25) is 11.7 Å². The van der Waals surface area contributed by atoms with Crippen LogP contribution in [0, 0.1) is 6.92 Å². The van der Waals surface area contributed by atoms with E-state index in [0.717, 1.165) is 0 Å². The number of aryl methyl sites for hydroxylation is 1. The first-order chi connectivity index (χ1) is 12.6. The molecule has 1 aromatic heterocycles. The van der Waals surface area contributed by atoms with Gasteiger partial charge in [-0.3, -0.25) is 9.59 Å². The molecule has 0 N–H and O–H groups in total. The van der Waals surface area contributed by atoms with Crippen LogP contribution in [-0.4, -0.2) is 27.8 Å². The van der Waals surface area contributed by atoms with Crippen LogP contribution < -0.4 is 0 Å². The summed E-state index contributed by atoms with van der Waals surface area (Å²) in [5.74, 6) is -2.27. The van der Waals surface area contributed by atoms with E-state index in [2.05, 4.69) is 4.98 Å². The van der Waals surface area contributed by atoms with Gasteiger partial charge in [-0.25, -0.2) is 9.78 Å². The normalized spacial score (nSPS) is 13.0. The first kappa shape index (κ1) is 15.8. The van der Waals surface area contributed by atoms with Crippen molar-refractivity contribution < 1.29 is 23.6 Å². The highest BCUT2D eigenvalue weighted by Gasteiger charge is 2.39. The third-order valence-electron chi connectivity index (χ3n) is 3.93. The van der Waals surface area contributed by atoms with E-state index >= 15 is 0 Å². The molecule has 0 saturated heterocycles. The number of carbonyl (C=O) groups is 3. The fraction of sp³-hybridized carbons (Fsp3) is 0.0526. The molecule has 3 aromatic rings. The van der Waals surface area contributed by atoms with E-state index in [-0.39, 0.29) is 22.8 Å². The van der Waals surface area contributed by atoms with Gasteiger partial charge < -0.3 is 9.25 Å². The second-order valence-electron chi connectivity index (χ2n) is 5.63. The Morgan fingerprint density at radius 3 is 2.15 bits per heavy atom. The van der Waals surface area contributed by atoms with Gasteiger partial charge in [-0.1, -0.05) is 35.4 Å². The summed E-state index contributed by atoms with van der Waals surface area (Å²) >= 11 is 0. The first-order valence-electron chi connectivity index (χ1n) is 7.79. The lowest BCUT2D eigenvalue weighted by molar-refractivity contribution is -0.0603. The second kappa shape index (κ2) is 5.96. The third kappa shape index (κ3) is 2.46. The molecule has 0 spiro atoms. The highest BCUT2D eigenvalue weighted by Crippen LogP contribution is 2.25. The van der Waals surface area contributed by atoms with Gasteiger partial charge in [0, 0.05) is 5.56 Å². The summed E-state index contributed by atoms with van der Waals surface area (Å²) in [5.41, 5.74) is 1.36. The Balaban J connectivity index is 1.59. The van der Waals surface area contributed by atoms with Crippen LogP contribution >= 0.6 is 0 Å². The van der Waals surface area contributed by atoms with Crippen LogP contribution in [0.4, 0.5) is 0 Å². The summed E-state index contributed by atoms with van der Waals surface area (Å²) in [4.78, 5) is 46.1. The van der Waals surface area contributed by atoms with Gasteiger partial charge in [-0.05, 0) is 31.2 Å². The number of hydroxylamine groups is 2. The number of rotatable bonds is 3. The number of nitrogens with zero attached hydrogens (tertiary/aromatic N) is 2. The average molecular weight is 348 g/mol. The monoisotopic (exact) mass is 348 g/mol. The molecule has 2 amide bonds. The zero-order chi connectivity index (χ0) is 18.3. The number of hydrogen-bond donors (Lipinski definition) is 0. The van der Waals surface area contributed by atoms with Crippen molar-refractivity contribution in [1.82, 2.24) is 10.0 Å². The van der Waals surface area contributed by atoms with Gasteiger partial charge >= 0.3 is 5.97 Å². The molecule has 0 radical (unpaired) electrons. The predicted molar refractivity (Wildman–Crippen MR) is 89.0 cm³/mol. The molecule has 26 heavy (non-hydrogen) atoms. The Morgan fingerprint density at radius 2 is 1.54 bits per heavy atom. The molecule has 2 aromatic carbocycles. The Bertz CT molecular complexity index is 1000. The maximum Gasteiger partial charge on any atom is 0.401 e. The Labute approximate surface area is 147 Å². The Morgan fingerprint density at radius 1 is 0.962 bits per heavy atom. The summed E-state index contributed by atoms with van der Waals surface area (Å²) in [6.45, 7) is 1.58. The molecule has 0 aliphatic carbocycles. The van der Waals surface area contributed by atoms with E-state index in [0.29, 0.717) is 16.3 Å². The van der Waals surface area contributed by atoms with Gasteiger partial charge in [-0.2, -0.15) is 0 Å². The van der Waals surface area contributed by atoms with Gasteiger partial charge in [0.1, 0.15) is 0 Å². The largest absolute Gasteiger partial charge is 0.429 e. The minimum atomic E-state index is -0.966. The Kier molecular flexibility index (Phi) is 3.62. The number of fused-ring (bicyclic) bond motifs is 1. The molecule has 2 heterocycles. The molecule has 128 valence electrons. The molecule has 1 aliphatic rings. The van der Waals surface area contributed by atoms with Crippen molar-refractivity contribution in [3.8, 4) is 11.5 Å². The zero-order valence-corrected chi connectivity index (χ0v) is 13.6. The summed E-state index contributed by atoms with van der Waals surface area (Å²) in [6.07, 6.45) is 0. The number of imide groups is 1. The number of hydrogen-bond acceptors (Lipinski definition) is 6. The molecule has 7 heteroatoms. The van der Waals surface area contributed by atoms with Crippen LogP contribution in [0.15, 0.2) is 59.0 Å². The summed E-state index contributed by atoms with van der Waals surface area (Å²) in [5, 5.41) is 0.442. The SMILES string of the molecule is Cc1nc(-c2ccccc2)oc1C(=O)ON1C(=O)c2ccccc2C1=O. The zero-order valence-electron chi connectivity index (χ0n) is 13.6. The molecule has 7 nitrogen and oxygen atoms in total. The molecule has 4 rings (SSSR count). The van der Waals surface area contributed by atoms with E-state index in [1.165, 1.54) is 12.1 Å². The third-order valence-corrected chi connectivity index (χ3v) is 3.93. The van der Waals surface area contributed by atoms with E-state index in [1.54, 1.807) is 31.2 Å². The summed E-state index contributed by atoms with van der Waals surface area (Å²) < 4.78 is 5.49. The lowest BCUT2D eigenvalue weighted by Crippen LogP contribution is -2.32. The molecule has 0 atom stereocenters. The quantitative estimate of drug-likeness (QED) is 0.676. The van der Waals surface area contributed by atoms with Gasteiger partial charge in [0.05, 0.1) is 16.8 Å². The molecular weight excluding hydrogens is 336 g/mol. The molecule has 0 bridgehead atoms. The first-order valence-corrected chi connectivity index (χ1v) is 7.79. The highest BCUT2D eigenvalue weighted by atomic mass is 16.7. The topological polar surface area (TPSA) is 89.7 Å². The van der Waals surface area contributed by atoms with Crippen LogP contribution in [0.3, 0.4) is 0 Å². The van der Waals surface area contributed by atoms with E-state index < -0.39 is 17.8 Å². The fourth-order valence-corrected chi connectivity index (χ4v) is 2.66. The van der Waals surface area contributed by atoms with E-state index in [9.17, 15) is 14.4 Å². The van der Waals surface area contributed by atoms with Gasteiger partial charge in [-0.15, -0.1) is 0 Å². The van der Waals surface area contributed by atoms with Crippen LogP contribution in [0.1, 0.15) is 37.0 Å². The molecule has 0 unspecified atom stereocenters. The summed E-state index contributed by atoms with van der Waals surface area (Å²) in [7, 11) is 0. The predicted octanol–water partition coefficient (Wildman–Crippen LogP) is 3.02. The lowest BCUT2D eigenvalue weighted by Gasteiger charge is -2.11. The number of aromatic nitrogens is 1. The maximum atomic E-state index is 12.4. The van der Waals surface area contributed by atoms with Crippen molar-refractivity contribution in [2.45, 2.75) is 6.92 Å².